The van der Waals surface area contributed by atoms with Gasteiger partial charge < -0.3 is 19.6 Å². The Morgan fingerprint density at radius 3 is 2.42 bits per heavy atom. The molecule has 1 aromatic carbocycles. The number of methoxy groups -OCH3 is 1. The van der Waals surface area contributed by atoms with Crippen LogP contribution in [0.3, 0.4) is 0 Å². The first-order valence-electron chi connectivity index (χ1n) is 14.3. The number of nitrogens with one attached hydrogen (secondary N) is 2. The number of amides is 1. The van der Waals surface area contributed by atoms with Gasteiger partial charge in [-0.15, -0.1) is 5.06 Å². The Hall–Kier alpha value is -3.33. The number of carbonyl (C=O) groups is 2. The van der Waals surface area contributed by atoms with E-state index in [4.69, 9.17) is 14.3 Å². The number of nitrogens with zero attached hydrogens (tertiary/aromatic N) is 3. The third-order valence-corrected chi connectivity index (χ3v) is 9.80. The van der Waals surface area contributed by atoms with Gasteiger partial charge in [0.25, 0.3) is 0 Å². The van der Waals surface area contributed by atoms with Crippen LogP contribution in [0.25, 0.3) is 10.3 Å². The fourth-order valence-corrected chi connectivity index (χ4v) is 7.31. The highest BCUT2D eigenvalue weighted by molar-refractivity contribution is 7.89. The number of sulfonamides is 1. The predicted octanol–water partition coefficient (Wildman–Crippen LogP) is 4.83. The maximum absolute atomic E-state index is 13.6. The molecule has 12 nitrogen and oxygen atoms in total. The zero-order valence-electron chi connectivity index (χ0n) is 24.7. The van der Waals surface area contributed by atoms with Gasteiger partial charge in [0.2, 0.25) is 21.8 Å². The van der Waals surface area contributed by atoms with Crippen LogP contribution in [-0.2, 0) is 24.4 Å². The Morgan fingerprint density at radius 1 is 1.07 bits per heavy atom. The van der Waals surface area contributed by atoms with Crippen LogP contribution in [0.15, 0.2) is 41.3 Å². The summed E-state index contributed by atoms with van der Waals surface area (Å²) in [6, 6.07) is 9.55. The van der Waals surface area contributed by atoms with Crippen LogP contribution in [0.5, 0.6) is 5.88 Å². The zero-order valence-corrected chi connectivity index (χ0v) is 26.3. The van der Waals surface area contributed by atoms with Crippen LogP contribution in [0, 0.1) is 5.92 Å². The second-order valence-corrected chi connectivity index (χ2v) is 14.6. The third kappa shape index (κ3) is 7.99. The molecule has 2 N–H and O–H groups in total. The summed E-state index contributed by atoms with van der Waals surface area (Å²) in [7, 11) is -2.29. The van der Waals surface area contributed by atoms with Crippen LogP contribution in [-0.4, -0.2) is 67.4 Å². The van der Waals surface area contributed by atoms with E-state index in [9.17, 15) is 18.0 Å². The SMILES string of the molecule is COc1ccc2nc(NC(=O)C(CC3CCCC3)c3ccc(S(=O)(=O)NC4CN(OC(=O)OC(C)(C)C)C4)cc3)sc2n1. The van der Waals surface area contributed by atoms with Crippen molar-refractivity contribution in [2.24, 2.45) is 5.92 Å². The monoisotopic (exact) mass is 631 g/mol. The molecule has 0 spiro atoms. The zero-order chi connectivity index (χ0) is 30.8. The minimum atomic E-state index is -3.83. The van der Waals surface area contributed by atoms with Crippen LogP contribution in [0.4, 0.5) is 9.93 Å². The van der Waals surface area contributed by atoms with Gasteiger partial charge in [0.15, 0.2) is 5.13 Å². The largest absolute Gasteiger partial charge is 0.528 e. The molecule has 1 saturated carbocycles. The molecule has 2 aliphatic rings. The van der Waals surface area contributed by atoms with Crippen molar-refractivity contribution < 1.29 is 32.3 Å². The molecule has 1 aliphatic heterocycles. The number of thiazole rings is 1. The molecular formula is C29H37N5O7S2. The number of carbonyl (C=O) groups excluding carboxylic acids is 2. The highest BCUT2D eigenvalue weighted by atomic mass is 32.2. The summed E-state index contributed by atoms with van der Waals surface area (Å²) in [5.74, 6) is 0.242. The number of hydrogen-bond donors (Lipinski definition) is 2. The number of hydrogen-bond acceptors (Lipinski definition) is 11. The van der Waals surface area contributed by atoms with E-state index >= 15 is 0 Å². The van der Waals surface area contributed by atoms with Gasteiger partial charge in [-0.2, -0.15) is 0 Å². The summed E-state index contributed by atoms with van der Waals surface area (Å²) >= 11 is 1.28. The lowest BCUT2D eigenvalue weighted by Gasteiger charge is -2.37. The Labute approximate surface area is 255 Å². The molecule has 14 heteroatoms. The molecule has 2 fully saturated rings. The van der Waals surface area contributed by atoms with Crippen LogP contribution < -0.4 is 14.8 Å². The van der Waals surface area contributed by atoms with Crippen molar-refractivity contribution in [2.75, 3.05) is 25.5 Å². The van der Waals surface area contributed by atoms with E-state index in [-0.39, 0.29) is 23.9 Å². The molecule has 0 radical (unpaired) electrons. The standard InChI is InChI=1S/C29H37N5O7S2/c1-29(2,3)40-28(36)41-34-16-20(17-34)33-43(37,38)21-11-9-19(10-12-21)22(15-18-7-5-6-8-18)25(35)32-27-30-23-13-14-24(39-4)31-26(23)42-27/h9-14,18,20,22,33H,5-8,15-17H2,1-4H3,(H,30,32,35). The molecule has 5 rings (SSSR count). The first-order valence-corrected chi connectivity index (χ1v) is 16.6. The maximum Gasteiger partial charge on any atom is 0.528 e. The molecule has 43 heavy (non-hydrogen) atoms. The lowest BCUT2D eigenvalue weighted by molar-refractivity contribution is -0.182. The molecule has 2 aromatic heterocycles. The van der Waals surface area contributed by atoms with Crippen molar-refractivity contribution in [1.29, 1.82) is 0 Å². The summed E-state index contributed by atoms with van der Waals surface area (Å²) in [5.41, 5.74) is 0.722. The van der Waals surface area contributed by atoms with E-state index in [2.05, 4.69) is 20.0 Å². The predicted molar refractivity (Wildman–Crippen MR) is 161 cm³/mol. The lowest BCUT2D eigenvalue weighted by atomic mass is 9.87. The van der Waals surface area contributed by atoms with Crippen molar-refractivity contribution in [3.8, 4) is 5.88 Å². The number of rotatable bonds is 10. The third-order valence-electron chi connectivity index (χ3n) is 7.39. The van der Waals surface area contributed by atoms with Crippen molar-refractivity contribution in [3.05, 3.63) is 42.0 Å². The summed E-state index contributed by atoms with van der Waals surface area (Å²) in [4.78, 5) is 40.1. The van der Waals surface area contributed by atoms with Crippen molar-refractivity contribution >= 4 is 48.9 Å². The molecule has 0 bridgehead atoms. The molecule has 1 unspecified atom stereocenters. The first-order chi connectivity index (χ1) is 20.4. The number of aromatic nitrogens is 2. The molecule has 1 atom stereocenters. The molecule has 3 aromatic rings. The van der Waals surface area contributed by atoms with Gasteiger partial charge in [-0.1, -0.05) is 49.2 Å². The van der Waals surface area contributed by atoms with Gasteiger partial charge in [-0.25, -0.2) is 27.9 Å². The molecule has 1 saturated heterocycles. The summed E-state index contributed by atoms with van der Waals surface area (Å²) in [5, 5.41) is 4.76. The fourth-order valence-electron chi connectivity index (χ4n) is 5.26. The number of anilines is 1. The minimum absolute atomic E-state index is 0.0916. The summed E-state index contributed by atoms with van der Waals surface area (Å²) in [6.07, 6.45) is 4.27. The Morgan fingerprint density at radius 2 is 1.77 bits per heavy atom. The van der Waals surface area contributed by atoms with Gasteiger partial charge in [-0.05, 0) is 56.9 Å². The number of hydroxylamine groups is 2. The van der Waals surface area contributed by atoms with Crippen molar-refractivity contribution in [3.63, 3.8) is 0 Å². The van der Waals surface area contributed by atoms with E-state index in [1.54, 1.807) is 52.1 Å². The van der Waals surface area contributed by atoms with E-state index < -0.39 is 33.7 Å². The summed E-state index contributed by atoms with van der Waals surface area (Å²) < 4.78 is 39.1. The second-order valence-electron chi connectivity index (χ2n) is 11.9. The summed E-state index contributed by atoms with van der Waals surface area (Å²) in [6.45, 7) is 5.60. The number of fused-ring (bicyclic) bond motifs is 1. The number of ether oxygens (including phenoxy) is 2. The lowest BCUT2D eigenvalue weighted by Crippen LogP contribution is -2.59. The van der Waals surface area contributed by atoms with E-state index in [1.165, 1.54) is 28.5 Å². The number of benzene rings is 1. The molecule has 1 amide bonds. The van der Waals surface area contributed by atoms with Gasteiger partial charge in [0.1, 0.15) is 15.9 Å². The topological polar surface area (TPSA) is 149 Å². The molecule has 3 heterocycles. The van der Waals surface area contributed by atoms with Crippen LogP contribution in [0.2, 0.25) is 0 Å². The minimum Gasteiger partial charge on any atom is -0.481 e. The number of pyridine rings is 1. The van der Waals surface area contributed by atoms with Gasteiger partial charge in [-0.3, -0.25) is 4.79 Å². The quantitative estimate of drug-likeness (QED) is 0.298. The fraction of sp³-hybridized carbons (Fsp3) is 0.517. The molecular weight excluding hydrogens is 594 g/mol. The molecule has 1 aliphatic carbocycles. The van der Waals surface area contributed by atoms with Gasteiger partial charge >= 0.3 is 6.16 Å². The van der Waals surface area contributed by atoms with Crippen LogP contribution in [0.1, 0.15) is 64.4 Å². The average Bonchev–Trinajstić information content (AvgIpc) is 3.58. The maximum atomic E-state index is 13.6. The van der Waals surface area contributed by atoms with Crippen LogP contribution >= 0.6 is 11.3 Å². The van der Waals surface area contributed by atoms with E-state index in [1.807, 2.05) is 0 Å². The Kier molecular flexibility index (Phi) is 9.20. The van der Waals surface area contributed by atoms with Gasteiger partial charge in [0.05, 0.1) is 37.1 Å². The molecule has 232 valence electrons. The van der Waals surface area contributed by atoms with Gasteiger partial charge in [0, 0.05) is 6.07 Å². The smallest absolute Gasteiger partial charge is 0.481 e. The Bertz CT molecular complexity index is 1560. The van der Waals surface area contributed by atoms with E-state index in [0.29, 0.717) is 33.7 Å². The second kappa shape index (κ2) is 12.7. The Balaban J connectivity index is 1.23. The van der Waals surface area contributed by atoms with Crippen molar-refractivity contribution in [1.82, 2.24) is 19.8 Å². The van der Waals surface area contributed by atoms with E-state index in [0.717, 1.165) is 31.2 Å². The first kappa shape index (κ1) is 31.1. The highest BCUT2D eigenvalue weighted by Gasteiger charge is 2.35. The van der Waals surface area contributed by atoms with Crippen molar-refractivity contribution in [2.45, 2.75) is 75.3 Å². The highest BCUT2D eigenvalue weighted by Crippen LogP contribution is 2.36. The normalized spacial score (nSPS) is 17.4. The average molecular weight is 632 g/mol.